The average Bonchev–Trinajstić information content (AvgIpc) is 2.26. The first-order valence-electron chi connectivity index (χ1n) is 4.50. The molecule has 1 aromatic rings. The molecule has 19 heavy (non-hydrogen) atoms. The summed E-state index contributed by atoms with van der Waals surface area (Å²) < 4.78 is 58.2. The summed E-state index contributed by atoms with van der Waals surface area (Å²) in [7, 11) is -5.90. The minimum atomic E-state index is -5.90. The van der Waals surface area contributed by atoms with Gasteiger partial charge in [0.1, 0.15) is 0 Å². The van der Waals surface area contributed by atoms with Gasteiger partial charge in [0.05, 0.1) is 5.97 Å². The Morgan fingerprint density at radius 2 is 1.58 bits per heavy atom. The molecule has 1 N–H and O–H groups in total. The fraction of sp³-hybridized carbons (Fsp3) is 0.111. The molecule has 0 spiro atoms. The van der Waals surface area contributed by atoms with Crippen LogP contribution in [0.2, 0.25) is 0 Å². The number of aromatic carboxylic acids is 1. The van der Waals surface area contributed by atoms with Crippen LogP contribution in [0.3, 0.4) is 0 Å². The molecule has 1 rings (SSSR count). The van der Waals surface area contributed by atoms with Crippen LogP contribution in [0.25, 0.3) is 0 Å². The molecule has 10 heteroatoms. The number of amides is 1. The van der Waals surface area contributed by atoms with E-state index < -0.39 is 38.5 Å². The predicted octanol–water partition coefficient (Wildman–Crippen LogP) is -0.371. The molecule has 1 amide bonds. The summed E-state index contributed by atoms with van der Waals surface area (Å²) in [5.41, 5.74) is -7.16. The number of carboxylic acid groups (broad SMARTS) is 1. The minimum absolute atomic E-state index is 0.725. The fourth-order valence-electron chi connectivity index (χ4n) is 1.09. The first-order valence-corrected chi connectivity index (χ1v) is 5.98. The van der Waals surface area contributed by atoms with Crippen LogP contribution in [-0.4, -0.2) is 25.8 Å². The molecule has 0 saturated carbocycles. The Hall–Kier alpha value is -2.10. The smallest absolute Gasteiger partial charge is 0.516 e. The highest BCUT2D eigenvalue weighted by Crippen LogP contribution is 2.22. The van der Waals surface area contributed by atoms with Crippen molar-refractivity contribution in [2.75, 3.05) is 0 Å². The van der Waals surface area contributed by atoms with Crippen LogP contribution in [0.4, 0.5) is 13.2 Å². The Bertz CT molecular complexity index is 623. The summed E-state index contributed by atoms with van der Waals surface area (Å²) in [6, 6.07) is 4.10. The van der Waals surface area contributed by atoms with Gasteiger partial charge in [-0.05, 0) is 6.07 Å². The van der Waals surface area contributed by atoms with Crippen molar-refractivity contribution in [1.82, 2.24) is 4.72 Å². The molecule has 0 heterocycles. The van der Waals surface area contributed by atoms with E-state index in [-0.39, 0.29) is 0 Å². The lowest BCUT2D eigenvalue weighted by Crippen LogP contribution is -2.41. The van der Waals surface area contributed by atoms with Crippen molar-refractivity contribution in [2.24, 2.45) is 0 Å². The maximum absolute atomic E-state index is 12.0. The number of nitrogens with one attached hydrogen (secondary N) is 1. The van der Waals surface area contributed by atoms with Crippen molar-refractivity contribution in [3.63, 3.8) is 0 Å². The molecule has 0 atom stereocenters. The highest BCUT2D eigenvalue weighted by Gasteiger charge is 2.47. The molecule has 0 bridgehead atoms. The number of benzene rings is 1. The van der Waals surface area contributed by atoms with Crippen LogP contribution in [0.5, 0.6) is 0 Å². The third-order valence-electron chi connectivity index (χ3n) is 1.92. The van der Waals surface area contributed by atoms with Crippen molar-refractivity contribution in [1.29, 1.82) is 0 Å². The summed E-state index contributed by atoms with van der Waals surface area (Å²) in [6.45, 7) is 0. The molecule has 0 aliphatic rings. The largest absolute Gasteiger partial charge is 0.545 e. The third-order valence-corrected chi connectivity index (χ3v) is 2.99. The lowest BCUT2D eigenvalue weighted by Gasteiger charge is -2.12. The second-order valence-electron chi connectivity index (χ2n) is 3.21. The molecular weight excluding hydrogens is 291 g/mol. The summed E-state index contributed by atoms with van der Waals surface area (Å²) >= 11 is 0. The maximum atomic E-state index is 12.0. The SMILES string of the molecule is O=C([O-])c1ccccc1C(=O)NS(=O)(=O)C(F)(F)F. The summed E-state index contributed by atoms with van der Waals surface area (Å²) in [5.74, 6) is -3.53. The van der Waals surface area contributed by atoms with E-state index >= 15 is 0 Å². The van der Waals surface area contributed by atoms with Gasteiger partial charge in [-0.1, -0.05) is 18.2 Å². The lowest BCUT2D eigenvalue weighted by atomic mass is 10.1. The van der Waals surface area contributed by atoms with Gasteiger partial charge in [-0.15, -0.1) is 0 Å². The Balaban J connectivity index is 3.14. The van der Waals surface area contributed by atoms with E-state index in [0.717, 1.165) is 22.9 Å². The second kappa shape index (κ2) is 4.88. The molecule has 0 fully saturated rings. The summed E-state index contributed by atoms with van der Waals surface area (Å²) in [5, 5.41) is 10.6. The monoisotopic (exact) mass is 296 g/mol. The van der Waals surface area contributed by atoms with Gasteiger partial charge in [0.15, 0.2) is 0 Å². The summed E-state index contributed by atoms with van der Waals surface area (Å²) in [4.78, 5) is 22.0. The number of carboxylic acids is 1. The fourth-order valence-corrected chi connectivity index (χ4v) is 1.56. The van der Waals surface area contributed by atoms with E-state index in [0.29, 0.717) is 0 Å². The van der Waals surface area contributed by atoms with Crippen LogP contribution in [0.1, 0.15) is 20.7 Å². The first kappa shape index (κ1) is 15.0. The van der Waals surface area contributed by atoms with E-state index in [2.05, 4.69) is 0 Å². The quantitative estimate of drug-likeness (QED) is 0.819. The molecule has 0 saturated heterocycles. The topological polar surface area (TPSA) is 103 Å². The van der Waals surface area contributed by atoms with Crippen molar-refractivity contribution in [2.45, 2.75) is 5.51 Å². The molecular formula is C9H5F3NO5S-. The van der Waals surface area contributed by atoms with E-state index in [4.69, 9.17) is 0 Å². The Labute approximate surface area is 104 Å². The van der Waals surface area contributed by atoms with Crippen LogP contribution in [0, 0.1) is 0 Å². The lowest BCUT2D eigenvalue weighted by molar-refractivity contribution is -0.255. The standard InChI is InChI=1S/C9H6F3NO5S/c10-9(11,12)19(17,18)13-7(14)5-3-1-2-4-6(5)8(15)16/h1-4H,(H,13,14)(H,15,16)/p-1. The molecule has 104 valence electrons. The Kier molecular flexibility index (Phi) is 3.84. The molecule has 0 unspecified atom stereocenters. The number of sulfonamides is 1. The van der Waals surface area contributed by atoms with Crippen molar-refractivity contribution in [3.05, 3.63) is 35.4 Å². The van der Waals surface area contributed by atoms with E-state index in [1.807, 2.05) is 0 Å². The van der Waals surface area contributed by atoms with Gasteiger partial charge < -0.3 is 9.90 Å². The molecule has 0 aliphatic carbocycles. The normalized spacial score (nSPS) is 11.9. The Morgan fingerprint density at radius 3 is 2.00 bits per heavy atom. The van der Waals surface area contributed by atoms with Crippen molar-refractivity contribution >= 4 is 21.9 Å². The van der Waals surface area contributed by atoms with Crippen LogP contribution < -0.4 is 9.83 Å². The average molecular weight is 296 g/mol. The number of rotatable bonds is 3. The molecule has 6 nitrogen and oxygen atoms in total. The van der Waals surface area contributed by atoms with Gasteiger partial charge >= 0.3 is 15.5 Å². The van der Waals surface area contributed by atoms with Crippen LogP contribution in [-0.2, 0) is 10.0 Å². The number of hydrogen-bond donors (Lipinski definition) is 1. The third kappa shape index (κ3) is 3.22. The second-order valence-corrected chi connectivity index (χ2v) is 4.89. The number of alkyl halides is 3. The number of hydrogen-bond acceptors (Lipinski definition) is 5. The number of carbonyl (C=O) groups is 2. The molecule has 0 radical (unpaired) electrons. The zero-order valence-electron chi connectivity index (χ0n) is 8.89. The highest BCUT2D eigenvalue weighted by atomic mass is 32.2. The van der Waals surface area contributed by atoms with Gasteiger partial charge in [0, 0.05) is 11.1 Å². The van der Waals surface area contributed by atoms with E-state index in [1.54, 1.807) is 0 Å². The van der Waals surface area contributed by atoms with Gasteiger partial charge in [-0.2, -0.15) is 21.6 Å². The van der Waals surface area contributed by atoms with E-state index in [9.17, 15) is 36.3 Å². The van der Waals surface area contributed by atoms with Gasteiger partial charge in [-0.25, -0.2) is 4.72 Å². The van der Waals surface area contributed by atoms with Crippen molar-refractivity contribution < 1.29 is 36.3 Å². The number of carbonyl (C=O) groups excluding carboxylic acids is 2. The molecule has 0 aromatic heterocycles. The van der Waals surface area contributed by atoms with Crippen LogP contribution >= 0.6 is 0 Å². The van der Waals surface area contributed by atoms with Crippen molar-refractivity contribution in [3.8, 4) is 0 Å². The zero-order chi connectivity index (χ0) is 14.8. The zero-order valence-corrected chi connectivity index (χ0v) is 9.71. The van der Waals surface area contributed by atoms with Gasteiger partial charge in [0.25, 0.3) is 5.91 Å². The molecule has 0 aliphatic heterocycles. The minimum Gasteiger partial charge on any atom is -0.545 e. The van der Waals surface area contributed by atoms with Gasteiger partial charge in [-0.3, -0.25) is 4.79 Å². The van der Waals surface area contributed by atoms with E-state index in [1.165, 1.54) is 6.07 Å². The van der Waals surface area contributed by atoms with Crippen LogP contribution in [0.15, 0.2) is 24.3 Å². The summed E-state index contributed by atoms with van der Waals surface area (Å²) in [6.07, 6.45) is 0. The maximum Gasteiger partial charge on any atom is 0.516 e. The van der Waals surface area contributed by atoms with Gasteiger partial charge in [0.2, 0.25) is 0 Å². The number of halogens is 3. The Morgan fingerprint density at radius 1 is 1.11 bits per heavy atom. The predicted molar refractivity (Wildman–Crippen MR) is 53.2 cm³/mol. The molecule has 1 aromatic carbocycles. The highest BCUT2D eigenvalue weighted by molar-refractivity contribution is 7.90. The first-order chi connectivity index (χ1) is 8.56.